The number of aromatic nitrogens is 1. The van der Waals surface area contributed by atoms with Crippen molar-refractivity contribution in [2.75, 3.05) is 14.2 Å². The summed E-state index contributed by atoms with van der Waals surface area (Å²) in [5.74, 6) is -0.110. The Bertz CT molecular complexity index is 837. The van der Waals surface area contributed by atoms with Crippen LogP contribution >= 0.6 is 0 Å². The van der Waals surface area contributed by atoms with Crippen LogP contribution in [0.15, 0.2) is 42.5 Å². The van der Waals surface area contributed by atoms with E-state index in [9.17, 15) is 9.90 Å². The van der Waals surface area contributed by atoms with Gasteiger partial charge in [-0.2, -0.15) is 0 Å². The molecule has 1 aromatic heterocycles. The van der Waals surface area contributed by atoms with Gasteiger partial charge < -0.3 is 19.6 Å². The molecule has 3 aromatic rings. The van der Waals surface area contributed by atoms with Crippen LogP contribution in [0.5, 0.6) is 11.5 Å². The van der Waals surface area contributed by atoms with Gasteiger partial charge in [-0.3, -0.25) is 0 Å². The molecule has 0 saturated carbocycles. The van der Waals surface area contributed by atoms with E-state index in [0.29, 0.717) is 17.0 Å². The van der Waals surface area contributed by atoms with Crippen LogP contribution in [0, 0.1) is 0 Å². The molecule has 2 aromatic carbocycles. The van der Waals surface area contributed by atoms with Gasteiger partial charge in [-0.1, -0.05) is 30.3 Å². The van der Waals surface area contributed by atoms with Crippen molar-refractivity contribution in [3.63, 3.8) is 0 Å². The molecule has 0 saturated heterocycles. The molecule has 0 fully saturated rings. The number of carbonyl (C=O) groups excluding carboxylic acids is 1. The standard InChI is InChI=1S/C17H15NO4/c1-21-14-8-11-12(9-13(14)19)18-16(17(20)22-2)15(11)10-6-4-3-5-7-10/h3-9,18-19H,1-2H3. The average molecular weight is 297 g/mol. The molecule has 1 heterocycles. The number of phenolic OH excluding ortho intramolecular Hbond substituents is 1. The van der Waals surface area contributed by atoms with Crippen LogP contribution < -0.4 is 4.74 Å². The van der Waals surface area contributed by atoms with Crippen LogP contribution in [0.3, 0.4) is 0 Å². The number of ether oxygens (including phenoxy) is 2. The van der Waals surface area contributed by atoms with Crippen molar-refractivity contribution in [3.8, 4) is 22.6 Å². The van der Waals surface area contributed by atoms with Crippen LogP contribution in [0.2, 0.25) is 0 Å². The molecule has 0 aliphatic heterocycles. The van der Waals surface area contributed by atoms with E-state index in [0.717, 1.165) is 16.5 Å². The zero-order valence-corrected chi connectivity index (χ0v) is 12.2. The second-order valence-electron chi connectivity index (χ2n) is 4.80. The zero-order chi connectivity index (χ0) is 15.7. The monoisotopic (exact) mass is 297 g/mol. The number of hydrogen-bond acceptors (Lipinski definition) is 4. The summed E-state index contributed by atoms with van der Waals surface area (Å²) in [6.45, 7) is 0. The Balaban J connectivity index is 2.37. The summed E-state index contributed by atoms with van der Waals surface area (Å²) in [5, 5.41) is 10.7. The van der Waals surface area contributed by atoms with Gasteiger partial charge in [0.1, 0.15) is 5.69 Å². The molecule has 0 amide bonds. The average Bonchev–Trinajstić information content (AvgIpc) is 2.92. The number of esters is 1. The van der Waals surface area contributed by atoms with Crippen LogP contribution in [0.4, 0.5) is 0 Å². The number of aromatic hydroxyl groups is 1. The molecule has 112 valence electrons. The second kappa shape index (κ2) is 5.44. The number of fused-ring (bicyclic) bond motifs is 1. The minimum Gasteiger partial charge on any atom is -0.504 e. The molecule has 5 nitrogen and oxygen atoms in total. The molecule has 2 N–H and O–H groups in total. The zero-order valence-electron chi connectivity index (χ0n) is 12.2. The summed E-state index contributed by atoms with van der Waals surface area (Å²) in [6, 6.07) is 12.8. The highest BCUT2D eigenvalue weighted by molar-refractivity contribution is 6.08. The number of nitrogens with one attached hydrogen (secondary N) is 1. The summed E-state index contributed by atoms with van der Waals surface area (Å²) in [6.07, 6.45) is 0. The number of rotatable bonds is 3. The third-order valence-electron chi connectivity index (χ3n) is 3.55. The first-order chi connectivity index (χ1) is 10.7. The van der Waals surface area contributed by atoms with E-state index in [1.54, 1.807) is 6.07 Å². The molecule has 0 radical (unpaired) electrons. The number of phenols is 1. The summed E-state index contributed by atoms with van der Waals surface area (Å²) >= 11 is 0. The third-order valence-corrected chi connectivity index (χ3v) is 3.55. The molecule has 22 heavy (non-hydrogen) atoms. The lowest BCUT2D eigenvalue weighted by atomic mass is 10.0. The Morgan fingerprint density at radius 3 is 2.50 bits per heavy atom. The van der Waals surface area contributed by atoms with Crippen LogP contribution in [-0.4, -0.2) is 30.3 Å². The maximum Gasteiger partial charge on any atom is 0.355 e. The highest BCUT2D eigenvalue weighted by Crippen LogP contribution is 2.38. The number of carbonyl (C=O) groups is 1. The van der Waals surface area contributed by atoms with Gasteiger partial charge in [0.2, 0.25) is 0 Å². The van der Waals surface area contributed by atoms with Gasteiger partial charge in [-0.15, -0.1) is 0 Å². The molecular formula is C17H15NO4. The Labute approximate surface area is 127 Å². The van der Waals surface area contributed by atoms with E-state index < -0.39 is 5.97 Å². The molecule has 0 unspecified atom stereocenters. The Morgan fingerprint density at radius 1 is 1.14 bits per heavy atom. The van der Waals surface area contributed by atoms with Crippen LogP contribution in [0.25, 0.3) is 22.0 Å². The van der Waals surface area contributed by atoms with Gasteiger partial charge in [0.05, 0.1) is 19.7 Å². The first-order valence-electron chi connectivity index (χ1n) is 6.72. The Morgan fingerprint density at radius 2 is 1.86 bits per heavy atom. The summed E-state index contributed by atoms with van der Waals surface area (Å²) in [7, 11) is 2.82. The highest BCUT2D eigenvalue weighted by atomic mass is 16.5. The van der Waals surface area contributed by atoms with Gasteiger partial charge in [0.15, 0.2) is 11.5 Å². The first-order valence-corrected chi connectivity index (χ1v) is 6.72. The number of benzene rings is 2. The Hall–Kier alpha value is -2.95. The highest BCUT2D eigenvalue weighted by Gasteiger charge is 2.21. The molecule has 0 atom stereocenters. The summed E-state index contributed by atoms with van der Waals surface area (Å²) < 4.78 is 10.0. The molecule has 0 aliphatic rings. The maximum atomic E-state index is 12.1. The van der Waals surface area contributed by atoms with Crippen molar-refractivity contribution >= 4 is 16.9 Å². The van der Waals surface area contributed by atoms with E-state index in [-0.39, 0.29) is 5.75 Å². The van der Waals surface area contributed by atoms with Crippen LogP contribution in [-0.2, 0) is 4.74 Å². The minimum absolute atomic E-state index is 0.00674. The first kappa shape index (κ1) is 14.0. The normalized spacial score (nSPS) is 10.6. The molecule has 0 spiro atoms. The molecule has 3 rings (SSSR count). The lowest BCUT2D eigenvalue weighted by Gasteiger charge is -2.06. The molecular weight excluding hydrogens is 282 g/mol. The van der Waals surface area contributed by atoms with Gasteiger partial charge in [0, 0.05) is 17.0 Å². The second-order valence-corrected chi connectivity index (χ2v) is 4.80. The van der Waals surface area contributed by atoms with Gasteiger partial charge in [0.25, 0.3) is 0 Å². The number of methoxy groups -OCH3 is 2. The van der Waals surface area contributed by atoms with Gasteiger partial charge in [-0.25, -0.2) is 4.79 Å². The summed E-state index contributed by atoms with van der Waals surface area (Å²) in [4.78, 5) is 15.1. The fourth-order valence-corrected chi connectivity index (χ4v) is 2.53. The van der Waals surface area contributed by atoms with Crippen molar-refractivity contribution in [2.45, 2.75) is 0 Å². The smallest absolute Gasteiger partial charge is 0.355 e. The molecule has 5 heteroatoms. The fraction of sp³-hybridized carbons (Fsp3) is 0.118. The van der Waals surface area contributed by atoms with Crippen LogP contribution in [0.1, 0.15) is 10.5 Å². The van der Waals surface area contributed by atoms with Crippen molar-refractivity contribution in [1.82, 2.24) is 4.98 Å². The topological polar surface area (TPSA) is 71.6 Å². The molecule has 0 bridgehead atoms. The van der Waals surface area contributed by atoms with Crippen molar-refractivity contribution in [3.05, 3.63) is 48.2 Å². The lowest BCUT2D eigenvalue weighted by molar-refractivity contribution is 0.0596. The predicted molar refractivity (Wildman–Crippen MR) is 83.3 cm³/mol. The van der Waals surface area contributed by atoms with Crippen molar-refractivity contribution in [1.29, 1.82) is 0 Å². The maximum absolute atomic E-state index is 12.1. The predicted octanol–water partition coefficient (Wildman–Crippen LogP) is 3.34. The SMILES string of the molecule is COC(=O)c1[nH]c2cc(O)c(OC)cc2c1-c1ccccc1. The number of H-pyrrole nitrogens is 1. The summed E-state index contributed by atoms with van der Waals surface area (Å²) in [5.41, 5.74) is 2.58. The lowest BCUT2D eigenvalue weighted by Crippen LogP contribution is -2.03. The Kier molecular flexibility index (Phi) is 3.47. The quantitative estimate of drug-likeness (QED) is 0.727. The number of hydrogen-bond donors (Lipinski definition) is 2. The van der Waals surface area contributed by atoms with E-state index >= 15 is 0 Å². The largest absolute Gasteiger partial charge is 0.504 e. The van der Waals surface area contributed by atoms with Crippen molar-refractivity contribution < 1.29 is 19.4 Å². The molecule has 0 aliphatic carbocycles. The van der Waals surface area contributed by atoms with E-state index in [4.69, 9.17) is 9.47 Å². The van der Waals surface area contributed by atoms with Gasteiger partial charge in [-0.05, 0) is 11.6 Å². The van der Waals surface area contributed by atoms with E-state index in [1.165, 1.54) is 20.3 Å². The van der Waals surface area contributed by atoms with E-state index in [2.05, 4.69) is 4.98 Å². The minimum atomic E-state index is -0.464. The number of aromatic amines is 1. The third kappa shape index (κ3) is 2.16. The fourth-order valence-electron chi connectivity index (χ4n) is 2.53. The van der Waals surface area contributed by atoms with Gasteiger partial charge >= 0.3 is 5.97 Å². The van der Waals surface area contributed by atoms with Crippen molar-refractivity contribution in [2.24, 2.45) is 0 Å². The van der Waals surface area contributed by atoms with E-state index in [1.807, 2.05) is 30.3 Å².